The Morgan fingerprint density at radius 2 is 1.93 bits per heavy atom. The second kappa shape index (κ2) is 9.91. The number of nitrogens with zero attached hydrogens (tertiary/aromatic N) is 1. The Morgan fingerprint density at radius 3 is 2.63 bits per heavy atom. The van der Waals surface area contributed by atoms with Gasteiger partial charge in [-0.25, -0.2) is 12.7 Å². The molecule has 1 saturated heterocycles. The van der Waals surface area contributed by atoms with Gasteiger partial charge in [0.25, 0.3) is 0 Å². The lowest BCUT2D eigenvalue weighted by Gasteiger charge is -2.30. The molecule has 1 aliphatic rings. The zero-order valence-corrected chi connectivity index (χ0v) is 18.0. The Morgan fingerprint density at radius 1 is 1.20 bits per heavy atom. The Kier molecular flexibility index (Phi) is 7.29. The monoisotopic (exact) mass is 428 g/mol. The molecule has 1 aliphatic heterocycles. The van der Waals surface area contributed by atoms with Gasteiger partial charge < -0.3 is 10.1 Å². The lowest BCUT2D eigenvalue weighted by Crippen LogP contribution is -2.41. The van der Waals surface area contributed by atoms with Crippen molar-refractivity contribution in [3.05, 3.63) is 72.3 Å². The van der Waals surface area contributed by atoms with Crippen molar-refractivity contribution in [2.24, 2.45) is 5.92 Å². The summed E-state index contributed by atoms with van der Waals surface area (Å²) >= 11 is 0. The molecule has 30 heavy (non-hydrogen) atoms. The van der Waals surface area contributed by atoms with Crippen LogP contribution < -0.4 is 10.1 Å². The van der Waals surface area contributed by atoms with Crippen LogP contribution in [0.4, 0.5) is 5.69 Å². The Hall–Kier alpha value is -2.64. The molecular weight excluding hydrogens is 400 g/mol. The van der Waals surface area contributed by atoms with E-state index in [1.54, 1.807) is 18.2 Å². The molecule has 2 aromatic rings. The first-order valence-corrected chi connectivity index (χ1v) is 11.7. The summed E-state index contributed by atoms with van der Waals surface area (Å²) in [5.41, 5.74) is 2.49. The molecule has 2 aromatic carbocycles. The van der Waals surface area contributed by atoms with Gasteiger partial charge in [0.05, 0.1) is 5.75 Å². The first-order chi connectivity index (χ1) is 14.4. The van der Waals surface area contributed by atoms with Crippen LogP contribution in [-0.2, 0) is 20.6 Å². The van der Waals surface area contributed by atoms with Crippen molar-refractivity contribution in [3.8, 4) is 5.75 Å². The third kappa shape index (κ3) is 5.93. The zero-order chi connectivity index (χ0) is 21.6. The fourth-order valence-electron chi connectivity index (χ4n) is 3.56. The van der Waals surface area contributed by atoms with Gasteiger partial charge in [0.15, 0.2) is 0 Å². The molecule has 1 N–H and O–H groups in total. The molecule has 1 fully saturated rings. The number of hydrogen-bond donors (Lipinski definition) is 1. The van der Waals surface area contributed by atoms with E-state index in [1.807, 2.05) is 43.3 Å². The molecule has 0 bridgehead atoms. The largest absolute Gasteiger partial charge is 0.489 e. The van der Waals surface area contributed by atoms with E-state index in [0.29, 0.717) is 44.0 Å². The van der Waals surface area contributed by atoms with Gasteiger partial charge in [-0.2, -0.15) is 0 Å². The average Bonchev–Trinajstić information content (AvgIpc) is 2.72. The topological polar surface area (TPSA) is 75.7 Å². The summed E-state index contributed by atoms with van der Waals surface area (Å²) in [4.78, 5) is 12.6. The van der Waals surface area contributed by atoms with E-state index in [9.17, 15) is 13.2 Å². The number of sulfonamides is 1. The number of rotatable bonds is 8. The number of carbonyl (C=O) groups is 1. The number of amides is 1. The van der Waals surface area contributed by atoms with Gasteiger partial charge in [-0.3, -0.25) is 4.79 Å². The molecule has 7 heteroatoms. The maximum atomic E-state index is 12.8. The predicted octanol–water partition coefficient (Wildman–Crippen LogP) is 3.74. The van der Waals surface area contributed by atoms with Gasteiger partial charge in [-0.15, -0.1) is 0 Å². The molecule has 3 rings (SSSR count). The standard InChI is InChI=1S/C23H28N2O4S/c1-3-14-29-22-9-5-8-21(16-22)24-23(26)20-10-12-25(13-11-20)30(27,28)17-19-7-4-6-18(2)15-19/h3-9,15-16,20H,1,10-14,17H2,2H3,(H,24,26). The van der Waals surface area contributed by atoms with E-state index in [4.69, 9.17) is 4.74 Å². The quantitative estimate of drug-likeness (QED) is 0.650. The van der Waals surface area contributed by atoms with Crippen molar-refractivity contribution >= 4 is 21.6 Å². The Balaban J connectivity index is 1.54. The Labute approximate surface area is 178 Å². The molecule has 0 aromatic heterocycles. The summed E-state index contributed by atoms with van der Waals surface area (Å²) < 4.78 is 32.5. The van der Waals surface area contributed by atoms with E-state index in [-0.39, 0.29) is 17.6 Å². The number of aryl methyl sites for hydroxylation is 1. The lowest BCUT2D eigenvalue weighted by molar-refractivity contribution is -0.120. The van der Waals surface area contributed by atoms with E-state index in [0.717, 1.165) is 11.1 Å². The minimum absolute atomic E-state index is 0.0109. The van der Waals surface area contributed by atoms with Crippen LogP contribution in [0.1, 0.15) is 24.0 Å². The molecule has 0 spiro atoms. The zero-order valence-electron chi connectivity index (χ0n) is 17.2. The second-order valence-electron chi connectivity index (χ2n) is 7.54. The van der Waals surface area contributed by atoms with Gasteiger partial charge in [-0.1, -0.05) is 48.6 Å². The lowest BCUT2D eigenvalue weighted by atomic mass is 9.97. The fraction of sp³-hybridized carbons (Fsp3) is 0.348. The van der Waals surface area contributed by atoms with Crippen LogP contribution in [0.2, 0.25) is 0 Å². The molecule has 0 unspecified atom stereocenters. The number of carbonyl (C=O) groups excluding carboxylic acids is 1. The molecule has 0 saturated carbocycles. The number of ether oxygens (including phenoxy) is 1. The van der Waals surface area contributed by atoms with Crippen LogP contribution in [-0.4, -0.2) is 38.3 Å². The summed E-state index contributed by atoms with van der Waals surface area (Å²) in [5, 5.41) is 2.92. The average molecular weight is 429 g/mol. The minimum Gasteiger partial charge on any atom is -0.489 e. The fourth-order valence-corrected chi connectivity index (χ4v) is 5.11. The first kappa shape index (κ1) is 22.1. The normalized spacial score (nSPS) is 15.5. The summed E-state index contributed by atoms with van der Waals surface area (Å²) in [6.07, 6.45) is 2.67. The number of benzene rings is 2. The highest BCUT2D eigenvalue weighted by atomic mass is 32.2. The molecule has 1 heterocycles. The van der Waals surface area contributed by atoms with Gasteiger partial charge in [0.2, 0.25) is 15.9 Å². The van der Waals surface area contributed by atoms with Gasteiger partial charge in [-0.05, 0) is 37.5 Å². The number of hydrogen-bond acceptors (Lipinski definition) is 4. The third-order valence-electron chi connectivity index (χ3n) is 5.12. The number of piperidine rings is 1. The van der Waals surface area contributed by atoms with E-state index in [1.165, 1.54) is 4.31 Å². The van der Waals surface area contributed by atoms with Crippen molar-refractivity contribution in [2.75, 3.05) is 25.0 Å². The molecule has 160 valence electrons. The molecular formula is C23H28N2O4S. The summed E-state index contributed by atoms with van der Waals surface area (Å²) in [7, 11) is -3.40. The second-order valence-corrected chi connectivity index (χ2v) is 9.50. The van der Waals surface area contributed by atoms with Crippen LogP contribution in [0, 0.1) is 12.8 Å². The maximum Gasteiger partial charge on any atom is 0.227 e. The highest BCUT2D eigenvalue weighted by Crippen LogP contribution is 2.24. The van der Waals surface area contributed by atoms with Gasteiger partial charge in [0.1, 0.15) is 12.4 Å². The van der Waals surface area contributed by atoms with Gasteiger partial charge in [0, 0.05) is 30.8 Å². The number of nitrogens with one attached hydrogen (secondary N) is 1. The summed E-state index contributed by atoms with van der Waals surface area (Å²) in [6, 6.07) is 14.7. The third-order valence-corrected chi connectivity index (χ3v) is 6.97. The van der Waals surface area contributed by atoms with Crippen molar-refractivity contribution < 1.29 is 17.9 Å². The molecule has 1 amide bonds. The first-order valence-electron chi connectivity index (χ1n) is 10.1. The van der Waals surface area contributed by atoms with Crippen LogP contribution >= 0.6 is 0 Å². The van der Waals surface area contributed by atoms with Crippen molar-refractivity contribution in [1.82, 2.24) is 4.31 Å². The summed E-state index contributed by atoms with van der Waals surface area (Å²) in [5.74, 6) is 0.341. The molecule has 6 nitrogen and oxygen atoms in total. The maximum absolute atomic E-state index is 12.8. The van der Waals surface area contributed by atoms with Crippen molar-refractivity contribution in [2.45, 2.75) is 25.5 Å². The van der Waals surface area contributed by atoms with Crippen LogP contribution in [0.3, 0.4) is 0 Å². The minimum atomic E-state index is -3.40. The SMILES string of the molecule is C=CCOc1cccc(NC(=O)C2CCN(S(=O)(=O)Cc3cccc(C)c3)CC2)c1. The predicted molar refractivity (Wildman–Crippen MR) is 119 cm³/mol. The van der Waals surface area contributed by atoms with Crippen LogP contribution in [0.25, 0.3) is 0 Å². The van der Waals surface area contributed by atoms with E-state index >= 15 is 0 Å². The molecule has 0 radical (unpaired) electrons. The summed E-state index contributed by atoms with van der Waals surface area (Å²) in [6.45, 7) is 6.67. The van der Waals surface area contributed by atoms with E-state index < -0.39 is 10.0 Å². The van der Waals surface area contributed by atoms with Crippen molar-refractivity contribution in [3.63, 3.8) is 0 Å². The van der Waals surface area contributed by atoms with Crippen molar-refractivity contribution in [1.29, 1.82) is 0 Å². The Bertz CT molecular complexity index is 996. The smallest absolute Gasteiger partial charge is 0.227 e. The van der Waals surface area contributed by atoms with E-state index in [2.05, 4.69) is 11.9 Å². The van der Waals surface area contributed by atoms with Crippen LogP contribution in [0.5, 0.6) is 5.75 Å². The highest BCUT2D eigenvalue weighted by molar-refractivity contribution is 7.88. The molecule has 0 atom stereocenters. The van der Waals surface area contributed by atoms with Crippen LogP contribution in [0.15, 0.2) is 61.2 Å². The number of anilines is 1. The van der Waals surface area contributed by atoms with Gasteiger partial charge >= 0.3 is 0 Å². The highest BCUT2D eigenvalue weighted by Gasteiger charge is 2.31. The molecule has 0 aliphatic carbocycles.